The first kappa shape index (κ1) is 14.9. The summed E-state index contributed by atoms with van der Waals surface area (Å²) in [4.78, 5) is 13.9. The zero-order chi connectivity index (χ0) is 15.4. The molecule has 1 amide bonds. The van der Waals surface area contributed by atoms with Crippen molar-refractivity contribution in [1.82, 2.24) is 14.7 Å². The number of nitrogens with zero attached hydrogens (tertiary/aromatic N) is 3. The summed E-state index contributed by atoms with van der Waals surface area (Å²) >= 11 is 0. The fourth-order valence-electron chi connectivity index (χ4n) is 2.06. The second-order valence-corrected chi connectivity index (χ2v) is 4.74. The summed E-state index contributed by atoms with van der Waals surface area (Å²) in [5, 5.41) is 4.01. The van der Waals surface area contributed by atoms with E-state index in [-0.39, 0.29) is 5.91 Å². The molecule has 21 heavy (non-hydrogen) atoms. The predicted octanol–water partition coefficient (Wildman–Crippen LogP) is 1.71. The van der Waals surface area contributed by atoms with Gasteiger partial charge in [0.15, 0.2) is 0 Å². The van der Waals surface area contributed by atoms with E-state index < -0.39 is 0 Å². The van der Waals surface area contributed by atoms with Crippen LogP contribution in [0.2, 0.25) is 0 Å². The monoisotopic (exact) mass is 289 g/mol. The highest BCUT2D eigenvalue weighted by Crippen LogP contribution is 2.25. The van der Waals surface area contributed by atoms with Gasteiger partial charge < -0.3 is 14.4 Å². The zero-order valence-corrected chi connectivity index (χ0v) is 12.7. The highest BCUT2D eigenvalue weighted by Gasteiger charge is 2.15. The number of methoxy groups -OCH3 is 2. The maximum absolute atomic E-state index is 12.3. The molecule has 6 nitrogen and oxygen atoms in total. The SMILES string of the molecule is COc1ccc(CN(C)C(=O)c2cnn(C)c2)c(OC)c1. The molecule has 0 atom stereocenters. The van der Waals surface area contributed by atoms with Crippen LogP contribution in [0, 0.1) is 0 Å². The Morgan fingerprint density at radius 3 is 2.67 bits per heavy atom. The van der Waals surface area contributed by atoms with E-state index >= 15 is 0 Å². The Balaban J connectivity index is 2.15. The summed E-state index contributed by atoms with van der Waals surface area (Å²) in [6.07, 6.45) is 3.26. The molecule has 2 rings (SSSR count). The van der Waals surface area contributed by atoms with Crippen LogP contribution >= 0.6 is 0 Å². The number of aryl methyl sites for hydroxylation is 1. The van der Waals surface area contributed by atoms with Gasteiger partial charge in [-0.2, -0.15) is 5.10 Å². The summed E-state index contributed by atoms with van der Waals surface area (Å²) in [5.41, 5.74) is 1.48. The fourth-order valence-corrected chi connectivity index (χ4v) is 2.06. The molecule has 6 heteroatoms. The van der Waals surface area contributed by atoms with E-state index in [9.17, 15) is 4.79 Å². The Morgan fingerprint density at radius 2 is 2.10 bits per heavy atom. The molecular weight excluding hydrogens is 270 g/mol. The van der Waals surface area contributed by atoms with Crippen molar-refractivity contribution in [3.63, 3.8) is 0 Å². The number of hydrogen-bond acceptors (Lipinski definition) is 4. The van der Waals surface area contributed by atoms with Crippen molar-refractivity contribution in [3.05, 3.63) is 41.7 Å². The molecule has 0 saturated heterocycles. The summed E-state index contributed by atoms with van der Waals surface area (Å²) in [6, 6.07) is 5.54. The lowest BCUT2D eigenvalue weighted by Crippen LogP contribution is -2.26. The Morgan fingerprint density at radius 1 is 1.33 bits per heavy atom. The lowest BCUT2D eigenvalue weighted by molar-refractivity contribution is 0.0784. The summed E-state index contributed by atoms with van der Waals surface area (Å²) < 4.78 is 12.1. The molecule has 0 bridgehead atoms. The van der Waals surface area contributed by atoms with Crippen molar-refractivity contribution in [1.29, 1.82) is 0 Å². The zero-order valence-electron chi connectivity index (χ0n) is 12.7. The number of amides is 1. The summed E-state index contributed by atoms with van der Waals surface area (Å²) in [5.74, 6) is 1.33. The first-order valence-electron chi connectivity index (χ1n) is 6.50. The third kappa shape index (κ3) is 3.34. The van der Waals surface area contributed by atoms with Crippen molar-refractivity contribution in [2.24, 2.45) is 7.05 Å². The second kappa shape index (κ2) is 6.30. The molecular formula is C15H19N3O3. The summed E-state index contributed by atoms with van der Waals surface area (Å²) in [7, 11) is 6.73. The second-order valence-electron chi connectivity index (χ2n) is 4.74. The van der Waals surface area contributed by atoms with Crippen LogP contribution in [0.15, 0.2) is 30.6 Å². The normalized spacial score (nSPS) is 10.3. The maximum atomic E-state index is 12.3. The topological polar surface area (TPSA) is 56.6 Å². The van der Waals surface area contributed by atoms with Crippen LogP contribution in [0.4, 0.5) is 0 Å². The van der Waals surface area contributed by atoms with Crippen LogP contribution in [-0.4, -0.2) is 41.9 Å². The van der Waals surface area contributed by atoms with Gasteiger partial charge in [0.1, 0.15) is 11.5 Å². The molecule has 0 spiro atoms. The van der Waals surface area contributed by atoms with Crippen molar-refractivity contribution < 1.29 is 14.3 Å². The third-order valence-corrected chi connectivity index (χ3v) is 3.20. The van der Waals surface area contributed by atoms with E-state index in [2.05, 4.69) is 5.10 Å². The van der Waals surface area contributed by atoms with Gasteiger partial charge in [-0.3, -0.25) is 9.48 Å². The quantitative estimate of drug-likeness (QED) is 0.841. The van der Waals surface area contributed by atoms with Crippen LogP contribution in [0.25, 0.3) is 0 Å². The van der Waals surface area contributed by atoms with Gasteiger partial charge in [0.05, 0.1) is 26.0 Å². The fraction of sp³-hybridized carbons (Fsp3) is 0.333. The number of carbonyl (C=O) groups is 1. The van der Waals surface area contributed by atoms with E-state index in [4.69, 9.17) is 9.47 Å². The van der Waals surface area contributed by atoms with Gasteiger partial charge in [0.2, 0.25) is 0 Å². The Hall–Kier alpha value is -2.50. The first-order valence-corrected chi connectivity index (χ1v) is 6.50. The molecule has 1 aromatic heterocycles. The molecule has 0 aliphatic carbocycles. The van der Waals surface area contributed by atoms with Crippen LogP contribution < -0.4 is 9.47 Å². The number of aromatic nitrogens is 2. The van der Waals surface area contributed by atoms with Crippen molar-refractivity contribution in [3.8, 4) is 11.5 Å². The van der Waals surface area contributed by atoms with Crippen LogP contribution in [0.3, 0.4) is 0 Å². The molecule has 2 aromatic rings. The Labute approximate surface area is 123 Å². The molecule has 0 aliphatic heterocycles. The summed E-state index contributed by atoms with van der Waals surface area (Å²) in [6.45, 7) is 0.445. The maximum Gasteiger partial charge on any atom is 0.257 e. The lowest BCUT2D eigenvalue weighted by Gasteiger charge is -2.18. The molecule has 1 aromatic carbocycles. The van der Waals surface area contributed by atoms with Gasteiger partial charge >= 0.3 is 0 Å². The minimum atomic E-state index is -0.0824. The molecule has 0 N–H and O–H groups in total. The molecule has 0 aliphatic rings. The minimum Gasteiger partial charge on any atom is -0.497 e. The number of ether oxygens (including phenoxy) is 2. The van der Waals surface area contributed by atoms with Crippen molar-refractivity contribution in [2.45, 2.75) is 6.54 Å². The number of rotatable bonds is 5. The van der Waals surface area contributed by atoms with E-state index in [1.165, 1.54) is 0 Å². The van der Waals surface area contributed by atoms with Gasteiger partial charge in [-0.25, -0.2) is 0 Å². The highest BCUT2D eigenvalue weighted by atomic mass is 16.5. The van der Waals surface area contributed by atoms with Crippen molar-refractivity contribution in [2.75, 3.05) is 21.3 Å². The Bertz CT molecular complexity index is 637. The molecule has 0 radical (unpaired) electrons. The Kier molecular flexibility index (Phi) is 4.47. The van der Waals surface area contributed by atoms with Gasteiger partial charge in [-0.05, 0) is 12.1 Å². The standard InChI is InChI=1S/C15H19N3O3/c1-17(15(19)12-8-16-18(2)10-12)9-11-5-6-13(20-3)7-14(11)21-4/h5-8,10H,9H2,1-4H3. The first-order chi connectivity index (χ1) is 10.0. The lowest BCUT2D eigenvalue weighted by atomic mass is 10.1. The average Bonchev–Trinajstić information content (AvgIpc) is 2.93. The third-order valence-electron chi connectivity index (χ3n) is 3.20. The predicted molar refractivity (Wildman–Crippen MR) is 78.6 cm³/mol. The molecule has 0 saturated carbocycles. The van der Waals surface area contributed by atoms with Crippen LogP contribution in [0.1, 0.15) is 15.9 Å². The van der Waals surface area contributed by atoms with E-state index in [0.717, 1.165) is 11.3 Å². The van der Waals surface area contributed by atoms with Crippen LogP contribution in [-0.2, 0) is 13.6 Å². The highest BCUT2D eigenvalue weighted by molar-refractivity contribution is 5.93. The minimum absolute atomic E-state index is 0.0824. The average molecular weight is 289 g/mol. The number of benzene rings is 1. The van der Waals surface area contributed by atoms with Gasteiger partial charge in [-0.15, -0.1) is 0 Å². The van der Waals surface area contributed by atoms with Crippen LogP contribution in [0.5, 0.6) is 11.5 Å². The van der Waals surface area contributed by atoms with Gasteiger partial charge in [0.25, 0.3) is 5.91 Å². The smallest absolute Gasteiger partial charge is 0.257 e. The van der Waals surface area contributed by atoms with Gasteiger partial charge in [-0.1, -0.05) is 0 Å². The molecule has 1 heterocycles. The van der Waals surface area contributed by atoms with Crippen molar-refractivity contribution >= 4 is 5.91 Å². The molecule has 0 fully saturated rings. The number of carbonyl (C=O) groups excluding carboxylic acids is 1. The largest absolute Gasteiger partial charge is 0.497 e. The van der Waals surface area contributed by atoms with E-state index in [1.807, 2.05) is 12.1 Å². The van der Waals surface area contributed by atoms with E-state index in [1.54, 1.807) is 56.4 Å². The van der Waals surface area contributed by atoms with E-state index in [0.29, 0.717) is 17.9 Å². The molecule has 112 valence electrons. The van der Waals surface area contributed by atoms with Gasteiger partial charge in [0, 0.05) is 38.5 Å². The molecule has 0 unspecified atom stereocenters. The number of hydrogen-bond donors (Lipinski definition) is 0.